The lowest BCUT2D eigenvalue weighted by atomic mass is 9.70. The van der Waals surface area contributed by atoms with E-state index >= 15 is 0 Å². The van der Waals surface area contributed by atoms with Crippen LogP contribution < -0.4 is 0 Å². The second kappa shape index (κ2) is 10.2. The first-order chi connectivity index (χ1) is 17.0. The molecule has 0 aliphatic heterocycles. The summed E-state index contributed by atoms with van der Waals surface area (Å²) in [7, 11) is -0.606. The summed E-state index contributed by atoms with van der Waals surface area (Å²) in [5.41, 5.74) is 3.93. The quantitative estimate of drug-likeness (QED) is 0.228. The molecule has 1 atom stereocenters. The molecule has 37 heavy (non-hydrogen) atoms. The number of alkyl halides is 2. The number of esters is 1. The van der Waals surface area contributed by atoms with Gasteiger partial charge in [-0.05, 0) is 79.7 Å². The van der Waals surface area contributed by atoms with Crippen LogP contribution in [0, 0.1) is 19.3 Å². The van der Waals surface area contributed by atoms with Crippen molar-refractivity contribution in [1.82, 2.24) is 14.6 Å². The minimum Gasteiger partial charge on any atom is -0.469 e. The average Bonchev–Trinajstić information content (AvgIpc) is 3.24. The summed E-state index contributed by atoms with van der Waals surface area (Å²) >= 11 is 0. The third-order valence-electron chi connectivity index (χ3n) is 7.93. The van der Waals surface area contributed by atoms with E-state index in [0.717, 1.165) is 22.3 Å². The molecule has 0 saturated heterocycles. The van der Waals surface area contributed by atoms with Crippen LogP contribution in [0.15, 0.2) is 30.5 Å². The van der Waals surface area contributed by atoms with Crippen LogP contribution in [-0.2, 0) is 20.6 Å². The van der Waals surface area contributed by atoms with Gasteiger partial charge in [-0.15, -0.1) is 10.2 Å². The molecule has 3 aromatic rings. The molecule has 1 aromatic carbocycles. The number of methoxy groups -OCH3 is 1. The fourth-order valence-electron chi connectivity index (χ4n) is 4.44. The van der Waals surface area contributed by atoms with Gasteiger partial charge in [0.25, 0.3) is 6.43 Å². The standard InChI is InChI=1S/C28H39F2N3O3Si/c1-17-11-12-19(15-20(17)16-36-37(9,10)27(3,4)5)22(28(6,7)26(34)35-8)21-13-14-33-24(18(21)2)31-32-25(33)23(29)30/h11-15,22-23H,16H2,1-10H3. The SMILES string of the molecule is COC(=O)C(C)(C)C(c1ccc(C)c(CO[Si](C)(C)C(C)(C)C)c1)c1ccn2c(C(F)F)nnc2c1C. The second-order valence-corrected chi connectivity index (χ2v) is 16.6. The monoisotopic (exact) mass is 531 g/mol. The molecule has 0 amide bonds. The van der Waals surface area contributed by atoms with E-state index in [0.29, 0.717) is 17.8 Å². The zero-order valence-corrected chi connectivity index (χ0v) is 24.6. The molecule has 0 saturated carbocycles. The molecule has 0 fully saturated rings. The van der Waals surface area contributed by atoms with Crippen molar-refractivity contribution in [2.24, 2.45) is 5.41 Å². The van der Waals surface area contributed by atoms with Gasteiger partial charge in [0.05, 0.1) is 19.1 Å². The molecule has 6 nitrogen and oxygen atoms in total. The Bertz CT molecular complexity index is 1300. The lowest BCUT2D eigenvalue weighted by Crippen LogP contribution is -2.40. The molecule has 0 aliphatic rings. The van der Waals surface area contributed by atoms with Gasteiger partial charge in [0.15, 0.2) is 14.0 Å². The van der Waals surface area contributed by atoms with Gasteiger partial charge in [-0.1, -0.05) is 39.0 Å². The van der Waals surface area contributed by atoms with Crippen molar-refractivity contribution in [3.8, 4) is 0 Å². The van der Waals surface area contributed by atoms with E-state index in [1.807, 2.05) is 39.8 Å². The highest BCUT2D eigenvalue weighted by molar-refractivity contribution is 6.74. The first-order valence-corrected chi connectivity index (χ1v) is 15.4. The fraction of sp³-hybridized carbons (Fsp3) is 0.536. The van der Waals surface area contributed by atoms with E-state index in [-0.39, 0.29) is 11.0 Å². The highest BCUT2D eigenvalue weighted by Gasteiger charge is 2.41. The highest BCUT2D eigenvalue weighted by Crippen LogP contribution is 2.44. The summed E-state index contributed by atoms with van der Waals surface area (Å²) < 4.78 is 39.9. The summed E-state index contributed by atoms with van der Waals surface area (Å²) in [6.07, 6.45) is -1.20. The summed E-state index contributed by atoms with van der Waals surface area (Å²) in [5.74, 6) is -1.20. The first kappa shape index (κ1) is 28.9. The lowest BCUT2D eigenvalue weighted by Gasteiger charge is -2.36. The van der Waals surface area contributed by atoms with Crippen LogP contribution in [0.3, 0.4) is 0 Å². The predicted molar refractivity (Wildman–Crippen MR) is 143 cm³/mol. The van der Waals surface area contributed by atoms with Crippen molar-refractivity contribution in [2.75, 3.05) is 7.11 Å². The molecule has 0 radical (unpaired) electrons. The van der Waals surface area contributed by atoms with Crippen molar-refractivity contribution in [3.63, 3.8) is 0 Å². The summed E-state index contributed by atoms with van der Waals surface area (Å²) in [5, 5.41) is 7.81. The molecule has 202 valence electrons. The number of carbonyl (C=O) groups excluding carboxylic acids is 1. The van der Waals surface area contributed by atoms with Gasteiger partial charge in [0.2, 0.25) is 5.82 Å². The number of ether oxygens (including phenoxy) is 1. The number of hydrogen-bond donors (Lipinski definition) is 0. The Labute approximate surface area is 219 Å². The Hall–Kier alpha value is -2.65. The number of fused-ring (bicyclic) bond motifs is 1. The minimum atomic E-state index is -2.75. The van der Waals surface area contributed by atoms with Gasteiger partial charge in [0, 0.05) is 12.1 Å². The van der Waals surface area contributed by atoms with Crippen LogP contribution in [0.25, 0.3) is 5.65 Å². The second-order valence-electron chi connectivity index (χ2n) is 11.8. The smallest absolute Gasteiger partial charge is 0.312 e. The van der Waals surface area contributed by atoms with E-state index in [1.165, 1.54) is 11.5 Å². The molecule has 3 rings (SSSR count). The van der Waals surface area contributed by atoms with Gasteiger partial charge < -0.3 is 9.16 Å². The molecule has 1 unspecified atom stereocenters. The van der Waals surface area contributed by atoms with Crippen molar-refractivity contribution < 1.29 is 22.7 Å². The molecule has 0 spiro atoms. The molecule has 0 aliphatic carbocycles. The van der Waals surface area contributed by atoms with Gasteiger partial charge in [0.1, 0.15) is 0 Å². The average molecular weight is 532 g/mol. The maximum absolute atomic E-state index is 13.4. The van der Waals surface area contributed by atoms with Gasteiger partial charge in [-0.3, -0.25) is 9.20 Å². The number of carbonyl (C=O) groups is 1. The number of halogens is 2. The van der Waals surface area contributed by atoms with Crippen molar-refractivity contribution in [3.05, 3.63) is 64.1 Å². The molecular weight excluding hydrogens is 492 g/mol. The summed E-state index contributed by atoms with van der Waals surface area (Å²) in [6, 6.07) is 7.92. The summed E-state index contributed by atoms with van der Waals surface area (Å²) in [4.78, 5) is 13.0. The maximum atomic E-state index is 13.4. The zero-order valence-electron chi connectivity index (χ0n) is 23.6. The number of benzene rings is 1. The van der Waals surface area contributed by atoms with Gasteiger partial charge >= 0.3 is 5.97 Å². The number of aryl methyl sites for hydroxylation is 2. The molecule has 0 bridgehead atoms. The van der Waals surface area contributed by atoms with E-state index in [1.54, 1.807) is 12.3 Å². The maximum Gasteiger partial charge on any atom is 0.312 e. The molecule has 9 heteroatoms. The Morgan fingerprint density at radius 1 is 1.08 bits per heavy atom. The Morgan fingerprint density at radius 2 is 1.73 bits per heavy atom. The molecule has 0 N–H and O–H groups in total. The fourth-order valence-corrected chi connectivity index (χ4v) is 5.39. The third-order valence-corrected chi connectivity index (χ3v) is 12.4. The van der Waals surface area contributed by atoms with Crippen LogP contribution in [-0.4, -0.2) is 36.0 Å². The predicted octanol–water partition coefficient (Wildman–Crippen LogP) is 7.14. The molecular formula is C28H39F2N3O3Si. The van der Waals surface area contributed by atoms with Crippen LogP contribution in [0.5, 0.6) is 0 Å². The minimum absolute atomic E-state index is 0.0791. The topological polar surface area (TPSA) is 65.7 Å². The van der Waals surface area contributed by atoms with E-state index in [4.69, 9.17) is 9.16 Å². The highest BCUT2D eigenvalue weighted by atomic mass is 28.4. The first-order valence-electron chi connectivity index (χ1n) is 12.5. The van der Waals surface area contributed by atoms with Gasteiger partial charge in [-0.2, -0.15) is 0 Å². The van der Waals surface area contributed by atoms with Crippen molar-refractivity contribution in [1.29, 1.82) is 0 Å². The van der Waals surface area contributed by atoms with Crippen molar-refractivity contribution in [2.45, 2.75) is 85.5 Å². The Morgan fingerprint density at radius 3 is 2.30 bits per heavy atom. The molecule has 2 aromatic heterocycles. The Kier molecular flexibility index (Phi) is 8.01. The number of aromatic nitrogens is 3. The third kappa shape index (κ3) is 5.48. The number of rotatable bonds is 8. The number of pyridine rings is 1. The van der Waals surface area contributed by atoms with E-state index < -0.39 is 31.9 Å². The Balaban J connectivity index is 2.16. The lowest BCUT2D eigenvalue weighted by molar-refractivity contribution is -0.151. The van der Waals surface area contributed by atoms with Gasteiger partial charge in [-0.25, -0.2) is 8.78 Å². The van der Waals surface area contributed by atoms with Crippen LogP contribution in [0.1, 0.15) is 80.6 Å². The summed E-state index contributed by atoms with van der Waals surface area (Å²) in [6.45, 7) is 19.1. The van der Waals surface area contributed by atoms with E-state index in [2.05, 4.69) is 50.1 Å². The molecule has 2 heterocycles. The van der Waals surface area contributed by atoms with Crippen LogP contribution in [0.4, 0.5) is 8.78 Å². The van der Waals surface area contributed by atoms with Crippen LogP contribution >= 0.6 is 0 Å². The largest absolute Gasteiger partial charge is 0.469 e. The number of hydrogen-bond acceptors (Lipinski definition) is 5. The van der Waals surface area contributed by atoms with Crippen molar-refractivity contribution >= 4 is 19.9 Å². The number of nitrogens with zero attached hydrogens (tertiary/aromatic N) is 3. The van der Waals surface area contributed by atoms with Crippen LogP contribution in [0.2, 0.25) is 18.1 Å². The van der Waals surface area contributed by atoms with E-state index in [9.17, 15) is 13.6 Å². The zero-order chi connectivity index (χ0) is 27.9. The normalized spacial score (nSPS) is 13.9.